The fourth-order valence-electron chi connectivity index (χ4n) is 4.88. The molecule has 1 N–H and O–H groups in total. The van der Waals surface area contributed by atoms with Crippen LogP contribution in [0.3, 0.4) is 0 Å². The van der Waals surface area contributed by atoms with E-state index in [2.05, 4.69) is 14.7 Å². The summed E-state index contributed by atoms with van der Waals surface area (Å²) in [7, 11) is -3.91. The molecule has 1 aromatic heterocycles. The van der Waals surface area contributed by atoms with Gasteiger partial charge in [-0.25, -0.2) is 23.1 Å². The minimum Gasteiger partial charge on any atom is -0.274 e. The third-order valence-electron chi connectivity index (χ3n) is 6.08. The predicted molar refractivity (Wildman–Crippen MR) is 109 cm³/mol. The van der Waals surface area contributed by atoms with Crippen LogP contribution in [0.2, 0.25) is 0 Å². The summed E-state index contributed by atoms with van der Waals surface area (Å²) in [4.78, 5) is 35.2. The van der Waals surface area contributed by atoms with Crippen molar-refractivity contribution in [3.05, 3.63) is 53.9 Å². The van der Waals surface area contributed by atoms with E-state index in [0.717, 1.165) is 6.42 Å². The fourth-order valence-corrected chi connectivity index (χ4v) is 5.83. The number of carbonyl (C=O) groups excluding carboxylic acids is 2. The number of hydrogen-bond acceptors (Lipinski definition) is 6. The Morgan fingerprint density at radius 1 is 0.933 bits per heavy atom. The van der Waals surface area contributed by atoms with Crippen molar-refractivity contribution in [3.63, 3.8) is 0 Å². The van der Waals surface area contributed by atoms with Gasteiger partial charge in [0.05, 0.1) is 22.4 Å². The molecular weight excluding hydrogens is 404 g/mol. The molecule has 3 aliphatic rings. The number of nitrogens with zero attached hydrogens (tertiary/aromatic N) is 3. The van der Waals surface area contributed by atoms with Gasteiger partial charge in [-0.3, -0.25) is 14.5 Å². The average Bonchev–Trinajstić information content (AvgIpc) is 3.34. The molecule has 154 valence electrons. The number of aryl methyl sites for hydroxylation is 2. The molecule has 1 saturated heterocycles. The summed E-state index contributed by atoms with van der Waals surface area (Å²) in [5.41, 5.74) is 1.69. The van der Waals surface area contributed by atoms with Crippen LogP contribution in [0.4, 0.5) is 11.6 Å². The van der Waals surface area contributed by atoms with Gasteiger partial charge in [-0.15, -0.1) is 0 Å². The molecule has 0 unspecified atom stereocenters. The minimum absolute atomic E-state index is 0.00252. The van der Waals surface area contributed by atoms with E-state index in [0.29, 0.717) is 17.1 Å². The first-order chi connectivity index (χ1) is 14.2. The van der Waals surface area contributed by atoms with Gasteiger partial charge in [0.1, 0.15) is 0 Å². The first kappa shape index (κ1) is 18.9. The number of sulfonamides is 1. The molecule has 9 heteroatoms. The molecule has 4 atom stereocenters. The van der Waals surface area contributed by atoms with Crippen LogP contribution in [0, 0.1) is 37.5 Å². The standard InChI is InChI=1S/C21H20N4O4S/c1-11-9-12(2)23-21(22-11)24-30(28,29)16-7-5-15(6-8-16)25-19(26)17-13-3-4-14(10-13)18(17)20(25)27/h3-9,13-14,17-18H,10H2,1-2H3,(H,22,23,24)/t13-,14-,17+,18+/m0/s1. The number of imide groups is 1. The van der Waals surface area contributed by atoms with Crippen molar-refractivity contribution in [1.82, 2.24) is 9.97 Å². The Balaban J connectivity index is 1.39. The quantitative estimate of drug-likeness (QED) is 0.595. The van der Waals surface area contributed by atoms with Gasteiger partial charge in [-0.2, -0.15) is 0 Å². The van der Waals surface area contributed by atoms with Crippen LogP contribution in [0.15, 0.2) is 47.4 Å². The van der Waals surface area contributed by atoms with E-state index in [4.69, 9.17) is 0 Å². The number of hydrogen-bond donors (Lipinski definition) is 1. The number of nitrogens with one attached hydrogen (secondary N) is 1. The predicted octanol–water partition coefficient (Wildman–Crippen LogP) is 2.21. The van der Waals surface area contributed by atoms with Gasteiger partial charge < -0.3 is 0 Å². The lowest BCUT2D eigenvalue weighted by atomic mass is 9.85. The van der Waals surface area contributed by atoms with Crippen molar-refractivity contribution in [2.45, 2.75) is 25.2 Å². The van der Waals surface area contributed by atoms with Crippen LogP contribution in [0.5, 0.6) is 0 Å². The van der Waals surface area contributed by atoms with E-state index in [1.807, 2.05) is 12.2 Å². The van der Waals surface area contributed by atoms with Crippen LogP contribution in [0.25, 0.3) is 0 Å². The van der Waals surface area contributed by atoms with E-state index in [1.165, 1.54) is 29.2 Å². The molecule has 2 bridgehead atoms. The van der Waals surface area contributed by atoms with Gasteiger partial charge in [-0.05, 0) is 62.4 Å². The zero-order chi connectivity index (χ0) is 21.2. The molecule has 1 saturated carbocycles. The second-order valence-electron chi connectivity index (χ2n) is 8.09. The number of fused-ring (bicyclic) bond motifs is 5. The van der Waals surface area contributed by atoms with Gasteiger partial charge in [0.2, 0.25) is 17.8 Å². The number of aromatic nitrogens is 2. The van der Waals surface area contributed by atoms with Crippen LogP contribution in [0.1, 0.15) is 17.8 Å². The van der Waals surface area contributed by atoms with Crippen LogP contribution < -0.4 is 9.62 Å². The Bertz CT molecular complexity index is 1160. The van der Waals surface area contributed by atoms with E-state index in [-0.39, 0.29) is 46.3 Å². The smallest absolute Gasteiger partial charge is 0.264 e. The van der Waals surface area contributed by atoms with Crippen LogP contribution in [-0.4, -0.2) is 30.2 Å². The van der Waals surface area contributed by atoms with Crippen molar-refractivity contribution in [3.8, 4) is 0 Å². The number of amides is 2. The summed E-state index contributed by atoms with van der Waals surface area (Å²) in [5.74, 6) is -0.722. The van der Waals surface area contributed by atoms with Crippen molar-refractivity contribution in [1.29, 1.82) is 0 Å². The van der Waals surface area contributed by atoms with Gasteiger partial charge in [0, 0.05) is 11.4 Å². The second kappa shape index (κ2) is 6.46. The number of anilines is 2. The van der Waals surface area contributed by atoms with Gasteiger partial charge >= 0.3 is 0 Å². The van der Waals surface area contributed by atoms with E-state index in [9.17, 15) is 18.0 Å². The van der Waals surface area contributed by atoms with Crippen LogP contribution >= 0.6 is 0 Å². The van der Waals surface area contributed by atoms with E-state index >= 15 is 0 Å². The van der Waals surface area contributed by atoms with Crippen molar-refractivity contribution >= 4 is 33.5 Å². The van der Waals surface area contributed by atoms with Crippen molar-refractivity contribution < 1.29 is 18.0 Å². The summed E-state index contributed by atoms with van der Waals surface area (Å²) >= 11 is 0. The SMILES string of the molecule is Cc1cc(C)nc(NS(=O)(=O)c2ccc(N3C(=O)[C@H]4[C@H](C3=O)[C@H]3C=C[C@H]4C3)cc2)n1. The Morgan fingerprint density at radius 2 is 1.47 bits per heavy atom. The van der Waals surface area contributed by atoms with E-state index in [1.54, 1.807) is 19.9 Å². The normalized spacial score (nSPS) is 27.1. The molecule has 8 nitrogen and oxygen atoms in total. The first-order valence-electron chi connectivity index (χ1n) is 9.76. The Labute approximate surface area is 174 Å². The molecule has 0 radical (unpaired) electrons. The van der Waals surface area contributed by atoms with Gasteiger partial charge in [0.25, 0.3) is 10.0 Å². The van der Waals surface area contributed by atoms with E-state index < -0.39 is 10.0 Å². The molecule has 1 aliphatic heterocycles. The number of allylic oxidation sites excluding steroid dienone is 2. The topological polar surface area (TPSA) is 109 Å². The van der Waals surface area contributed by atoms with Gasteiger partial charge in [-0.1, -0.05) is 12.2 Å². The fraction of sp³-hybridized carbons (Fsp3) is 0.333. The summed E-state index contributed by atoms with van der Waals surface area (Å²) in [6, 6.07) is 7.48. The second-order valence-corrected chi connectivity index (χ2v) is 9.77. The summed E-state index contributed by atoms with van der Waals surface area (Å²) in [6.07, 6.45) is 4.94. The molecule has 2 aliphatic carbocycles. The van der Waals surface area contributed by atoms with Gasteiger partial charge in [0.15, 0.2) is 0 Å². The molecule has 2 aromatic rings. The third-order valence-corrected chi connectivity index (χ3v) is 7.43. The average molecular weight is 424 g/mol. The molecule has 5 rings (SSSR count). The molecular formula is C21H20N4O4S. The molecule has 2 fully saturated rings. The lowest BCUT2D eigenvalue weighted by Crippen LogP contribution is -2.32. The highest BCUT2D eigenvalue weighted by Crippen LogP contribution is 2.53. The lowest BCUT2D eigenvalue weighted by molar-refractivity contribution is -0.123. The summed E-state index contributed by atoms with van der Waals surface area (Å²) < 4.78 is 27.8. The van der Waals surface area contributed by atoms with Crippen LogP contribution in [-0.2, 0) is 19.6 Å². The monoisotopic (exact) mass is 424 g/mol. The number of benzene rings is 1. The maximum absolute atomic E-state index is 12.9. The first-order valence-corrected chi connectivity index (χ1v) is 11.2. The minimum atomic E-state index is -3.91. The highest BCUT2D eigenvalue weighted by Gasteiger charge is 2.59. The maximum Gasteiger partial charge on any atom is 0.264 e. The third kappa shape index (κ3) is 2.84. The largest absolute Gasteiger partial charge is 0.274 e. The maximum atomic E-state index is 12.9. The molecule has 30 heavy (non-hydrogen) atoms. The summed E-state index contributed by atoms with van der Waals surface area (Å²) in [6.45, 7) is 3.50. The summed E-state index contributed by atoms with van der Waals surface area (Å²) in [5, 5.41) is 0. The molecule has 0 spiro atoms. The number of rotatable bonds is 4. The zero-order valence-corrected chi connectivity index (χ0v) is 17.3. The molecule has 1 aromatic carbocycles. The molecule has 2 heterocycles. The Kier molecular flexibility index (Phi) is 4.08. The molecule has 2 amide bonds. The highest BCUT2D eigenvalue weighted by atomic mass is 32.2. The number of carbonyl (C=O) groups is 2. The Hall–Kier alpha value is -3.07. The Morgan fingerprint density at radius 3 is 2.00 bits per heavy atom. The van der Waals surface area contributed by atoms with Crippen molar-refractivity contribution in [2.75, 3.05) is 9.62 Å². The zero-order valence-electron chi connectivity index (χ0n) is 16.4. The van der Waals surface area contributed by atoms with Crippen molar-refractivity contribution in [2.24, 2.45) is 23.7 Å². The highest BCUT2D eigenvalue weighted by molar-refractivity contribution is 7.92. The lowest BCUT2D eigenvalue weighted by Gasteiger charge is -2.17.